The van der Waals surface area contributed by atoms with E-state index in [0.29, 0.717) is 29.6 Å². The Bertz CT molecular complexity index is 735. The van der Waals surface area contributed by atoms with Gasteiger partial charge in [-0.3, -0.25) is 4.79 Å². The van der Waals surface area contributed by atoms with Crippen LogP contribution in [0.1, 0.15) is 78.1 Å². The Hall–Kier alpha value is -1.10. The summed E-state index contributed by atoms with van der Waals surface area (Å²) >= 11 is 0. The van der Waals surface area contributed by atoms with Gasteiger partial charge in [0, 0.05) is 0 Å². The normalized spacial score (nSPS) is 48.8. The molecule has 184 valence electrons. The Morgan fingerprint density at radius 1 is 0.727 bits per heavy atom. The number of rotatable bonds is 8. The molecular weight excluding hydrogens is 416 g/mol. The Morgan fingerprint density at radius 3 is 2.06 bits per heavy atom. The highest BCUT2D eigenvalue weighted by atomic mass is 16.7. The van der Waals surface area contributed by atoms with Crippen LogP contribution in [0.15, 0.2) is 0 Å². The van der Waals surface area contributed by atoms with Crippen molar-refractivity contribution >= 4 is 11.9 Å². The summed E-state index contributed by atoms with van der Waals surface area (Å²) in [5, 5.41) is 0. The van der Waals surface area contributed by atoms with E-state index < -0.39 is 5.97 Å². The van der Waals surface area contributed by atoms with Crippen LogP contribution in [0.4, 0.5) is 0 Å². The Morgan fingerprint density at radius 2 is 1.39 bits per heavy atom. The molecule has 7 atom stereocenters. The molecule has 0 spiro atoms. The molecule has 7 fully saturated rings. The second kappa shape index (κ2) is 8.84. The molecule has 0 N–H and O–H groups in total. The largest absolute Gasteiger partial charge is 0.453 e. The topological polar surface area (TPSA) is 61.8 Å². The second-order valence-corrected chi connectivity index (χ2v) is 12.5. The van der Waals surface area contributed by atoms with Gasteiger partial charge in [0.15, 0.2) is 13.4 Å². The number of carbonyl (C=O) groups excluding carboxylic acids is 2. The van der Waals surface area contributed by atoms with Crippen LogP contribution in [0.2, 0.25) is 0 Å². The fourth-order valence-electron chi connectivity index (χ4n) is 10.3. The SMILES string of the molecule is CCC1CC(CC)C2C3CC(CC3C(=O)OCC(=O)OCOC3C4CC5CC(C4)CC3C5)C12. The fraction of sp³-hybridized carbons (Fsp3) is 0.929. The zero-order valence-corrected chi connectivity index (χ0v) is 20.5. The van der Waals surface area contributed by atoms with E-state index in [-0.39, 0.29) is 31.4 Å². The molecule has 0 aromatic heterocycles. The first-order chi connectivity index (χ1) is 16.1. The maximum Gasteiger partial charge on any atom is 0.346 e. The Balaban J connectivity index is 0.953. The fourth-order valence-corrected chi connectivity index (χ4v) is 10.3. The van der Waals surface area contributed by atoms with Gasteiger partial charge in [-0.05, 0) is 111 Å². The van der Waals surface area contributed by atoms with E-state index >= 15 is 0 Å². The lowest BCUT2D eigenvalue weighted by Gasteiger charge is -2.53. The first-order valence-corrected chi connectivity index (χ1v) is 14.0. The molecule has 0 heterocycles. The summed E-state index contributed by atoms with van der Waals surface area (Å²) < 4.78 is 16.8. The molecular formula is C28H42O5. The van der Waals surface area contributed by atoms with Gasteiger partial charge in [0.2, 0.25) is 0 Å². The van der Waals surface area contributed by atoms with E-state index in [1.807, 2.05) is 0 Å². The lowest BCUT2D eigenvalue weighted by atomic mass is 9.55. The van der Waals surface area contributed by atoms with Crippen molar-refractivity contribution in [2.75, 3.05) is 13.4 Å². The number of ether oxygens (including phenoxy) is 3. The van der Waals surface area contributed by atoms with Crippen LogP contribution in [-0.2, 0) is 23.8 Å². The van der Waals surface area contributed by atoms with Crippen molar-refractivity contribution < 1.29 is 23.8 Å². The Kier molecular flexibility index (Phi) is 5.99. The van der Waals surface area contributed by atoms with Gasteiger partial charge in [-0.25, -0.2) is 4.79 Å². The highest BCUT2D eigenvalue weighted by Crippen LogP contribution is 2.65. The molecule has 0 aromatic rings. The number of esters is 2. The van der Waals surface area contributed by atoms with E-state index in [1.165, 1.54) is 57.8 Å². The van der Waals surface area contributed by atoms with Gasteiger partial charge in [0.25, 0.3) is 0 Å². The number of fused-ring (bicyclic) bond motifs is 5. The summed E-state index contributed by atoms with van der Waals surface area (Å²) in [6, 6.07) is 0. The average molecular weight is 459 g/mol. The monoisotopic (exact) mass is 458 g/mol. The van der Waals surface area contributed by atoms with E-state index in [2.05, 4.69) is 13.8 Å². The van der Waals surface area contributed by atoms with Crippen LogP contribution in [0, 0.1) is 65.1 Å². The molecule has 0 amide bonds. The molecule has 7 saturated carbocycles. The van der Waals surface area contributed by atoms with E-state index in [1.54, 1.807) is 0 Å². The van der Waals surface area contributed by atoms with Gasteiger partial charge in [-0.2, -0.15) is 0 Å². The van der Waals surface area contributed by atoms with Gasteiger partial charge in [0.05, 0.1) is 12.0 Å². The molecule has 7 unspecified atom stereocenters. The predicted molar refractivity (Wildman–Crippen MR) is 123 cm³/mol. The van der Waals surface area contributed by atoms with Crippen molar-refractivity contribution in [1.82, 2.24) is 0 Å². The summed E-state index contributed by atoms with van der Waals surface area (Å²) in [4.78, 5) is 25.2. The minimum Gasteiger partial charge on any atom is -0.453 e. The maximum absolute atomic E-state index is 12.9. The average Bonchev–Trinajstić information content (AvgIpc) is 3.49. The first kappa shape index (κ1) is 22.4. The number of hydrogen-bond donors (Lipinski definition) is 0. The van der Waals surface area contributed by atoms with Crippen molar-refractivity contribution in [3.63, 3.8) is 0 Å². The molecule has 7 aliphatic rings. The minimum atomic E-state index is -0.480. The van der Waals surface area contributed by atoms with Gasteiger partial charge in [0.1, 0.15) is 0 Å². The van der Waals surface area contributed by atoms with Crippen molar-refractivity contribution in [2.45, 2.75) is 84.2 Å². The van der Waals surface area contributed by atoms with Crippen LogP contribution in [0.25, 0.3) is 0 Å². The standard InChI is InChI=1S/C28H42O5/c1-3-17-10-18(4-2)26-22-11-19(25(17)26)12-23(22)28(30)31-13-24(29)32-14-33-27-20-6-15-5-16(8-20)9-21(27)7-15/h15-23,25-27H,3-14H2,1-2H3. The molecule has 7 rings (SSSR count). The molecule has 0 radical (unpaired) electrons. The lowest BCUT2D eigenvalue weighted by molar-refractivity contribution is -0.191. The molecule has 6 bridgehead atoms. The summed E-state index contributed by atoms with van der Waals surface area (Å²) in [5.74, 6) is 6.70. The third-order valence-electron chi connectivity index (χ3n) is 11.1. The lowest BCUT2D eigenvalue weighted by Crippen LogP contribution is -2.49. The minimum absolute atomic E-state index is 0.00213. The van der Waals surface area contributed by atoms with Crippen LogP contribution in [-0.4, -0.2) is 31.4 Å². The molecule has 0 aromatic carbocycles. The van der Waals surface area contributed by atoms with Crippen LogP contribution in [0.3, 0.4) is 0 Å². The highest BCUT2D eigenvalue weighted by Gasteiger charge is 2.61. The van der Waals surface area contributed by atoms with Crippen molar-refractivity contribution in [3.05, 3.63) is 0 Å². The summed E-state index contributed by atoms with van der Waals surface area (Å²) in [6.07, 6.45) is 12.8. The first-order valence-electron chi connectivity index (χ1n) is 14.0. The van der Waals surface area contributed by atoms with Gasteiger partial charge in [-0.15, -0.1) is 0 Å². The zero-order chi connectivity index (χ0) is 22.7. The molecule has 33 heavy (non-hydrogen) atoms. The third kappa shape index (κ3) is 3.85. The van der Waals surface area contributed by atoms with Gasteiger partial charge < -0.3 is 14.2 Å². The summed E-state index contributed by atoms with van der Waals surface area (Å²) in [5.41, 5.74) is 0. The van der Waals surface area contributed by atoms with Crippen molar-refractivity contribution in [3.8, 4) is 0 Å². The third-order valence-corrected chi connectivity index (χ3v) is 11.1. The van der Waals surface area contributed by atoms with E-state index in [4.69, 9.17) is 14.2 Å². The van der Waals surface area contributed by atoms with Crippen LogP contribution >= 0.6 is 0 Å². The van der Waals surface area contributed by atoms with Gasteiger partial charge >= 0.3 is 11.9 Å². The van der Waals surface area contributed by atoms with E-state index in [9.17, 15) is 9.59 Å². The number of carbonyl (C=O) groups is 2. The van der Waals surface area contributed by atoms with Crippen molar-refractivity contribution in [2.24, 2.45) is 65.1 Å². The van der Waals surface area contributed by atoms with Crippen molar-refractivity contribution in [1.29, 1.82) is 0 Å². The maximum atomic E-state index is 12.9. The van der Waals surface area contributed by atoms with E-state index in [0.717, 1.165) is 36.0 Å². The molecule has 7 aliphatic carbocycles. The summed E-state index contributed by atoms with van der Waals surface area (Å²) in [7, 11) is 0. The predicted octanol–water partition coefficient (Wildman–Crippen LogP) is 5.22. The molecule has 5 nitrogen and oxygen atoms in total. The van der Waals surface area contributed by atoms with Crippen LogP contribution < -0.4 is 0 Å². The molecule has 5 heteroatoms. The second-order valence-electron chi connectivity index (χ2n) is 12.5. The zero-order valence-electron chi connectivity index (χ0n) is 20.5. The molecule has 0 aliphatic heterocycles. The summed E-state index contributed by atoms with van der Waals surface area (Å²) in [6.45, 7) is 4.36. The highest BCUT2D eigenvalue weighted by molar-refractivity contribution is 5.78. The Labute approximate surface area is 198 Å². The van der Waals surface area contributed by atoms with Crippen LogP contribution in [0.5, 0.6) is 0 Å². The quantitative estimate of drug-likeness (QED) is 0.369. The number of hydrogen-bond acceptors (Lipinski definition) is 5. The molecule has 0 saturated heterocycles. The van der Waals surface area contributed by atoms with Gasteiger partial charge in [-0.1, -0.05) is 26.7 Å². The smallest absolute Gasteiger partial charge is 0.346 e.